The molecule has 0 N–H and O–H groups in total. The van der Waals surface area contributed by atoms with E-state index in [1.807, 2.05) is 0 Å². The number of piperidine rings is 1. The third kappa shape index (κ3) is 3.05. The Morgan fingerprint density at radius 2 is 1.93 bits per heavy atom. The first-order chi connectivity index (χ1) is 7.25. The van der Waals surface area contributed by atoms with E-state index in [-0.39, 0.29) is 0 Å². The monoisotopic (exact) mass is 267 g/mol. The first-order valence-corrected chi connectivity index (χ1v) is 6.52. The molecule has 15 heavy (non-hydrogen) atoms. The topological polar surface area (TPSA) is 3.24 Å². The number of halogens is 1. The van der Waals surface area contributed by atoms with Crippen LogP contribution in [0.25, 0.3) is 0 Å². The summed E-state index contributed by atoms with van der Waals surface area (Å²) in [5, 5.41) is 0. The third-order valence-corrected chi connectivity index (χ3v) is 3.79. The molecule has 1 aliphatic heterocycles. The summed E-state index contributed by atoms with van der Waals surface area (Å²) in [5.74, 6) is 0. The zero-order chi connectivity index (χ0) is 10.7. The van der Waals surface area contributed by atoms with Crippen LogP contribution in [-0.2, 0) is 6.54 Å². The molecule has 1 aromatic carbocycles. The standard InChI is InChI=1S/C13H18BrN/c1-11-5-6-12(13(14)9-11)10-15-7-3-2-4-8-15/h5-6,9H,2-4,7-8,10H2,1H3. The van der Waals surface area contributed by atoms with Gasteiger partial charge in [0.2, 0.25) is 0 Å². The number of rotatable bonds is 2. The van der Waals surface area contributed by atoms with Crippen LogP contribution >= 0.6 is 15.9 Å². The number of likely N-dealkylation sites (tertiary alicyclic amines) is 1. The van der Waals surface area contributed by atoms with Gasteiger partial charge in [0.25, 0.3) is 0 Å². The molecule has 1 nitrogen and oxygen atoms in total. The fourth-order valence-electron chi connectivity index (χ4n) is 2.14. The summed E-state index contributed by atoms with van der Waals surface area (Å²) in [7, 11) is 0. The van der Waals surface area contributed by atoms with Crippen molar-refractivity contribution in [3.8, 4) is 0 Å². The van der Waals surface area contributed by atoms with E-state index in [1.165, 1.54) is 48.0 Å². The SMILES string of the molecule is Cc1ccc(CN2CCCCC2)c(Br)c1. The van der Waals surface area contributed by atoms with Crippen molar-refractivity contribution in [2.45, 2.75) is 32.7 Å². The fourth-order valence-corrected chi connectivity index (χ4v) is 2.76. The van der Waals surface area contributed by atoms with Crippen LogP contribution in [0.2, 0.25) is 0 Å². The molecule has 0 atom stereocenters. The van der Waals surface area contributed by atoms with E-state index in [2.05, 4.69) is 46.0 Å². The van der Waals surface area contributed by atoms with Crippen LogP contribution in [-0.4, -0.2) is 18.0 Å². The van der Waals surface area contributed by atoms with Gasteiger partial charge in [-0.1, -0.05) is 34.5 Å². The van der Waals surface area contributed by atoms with Gasteiger partial charge in [0, 0.05) is 11.0 Å². The van der Waals surface area contributed by atoms with E-state index < -0.39 is 0 Å². The van der Waals surface area contributed by atoms with E-state index in [1.54, 1.807) is 0 Å². The molecule has 2 rings (SSSR count). The predicted octanol–water partition coefficient (Wildman–Crippen LogP) is 3.74. The molecule has 1 saturated heterocycles. The highest BCUT2D eigenvalue weighted by molar-refractivity contribution is 9.10. The Labute approximate surface area is 101 Å². The highest BCUT2D eigenvalue weighted by Gasteiger charge is 2.11. The zero-order valence-corrected chi connectivity index (χ0v) is 10.9. The molecule has 0 saturated carbocycles. The van der Waals surface area contributed by atoms with E-state index >= 15 is 0 Å². The van der Waals surface area contributed by atoms with Crippen LogP contribution in [0.4, 0.5) is 0 Å². The molecule has 2 heteroatoms. The molecule has 1 aromatic rings. The molecular formula is C13H18BrN. The molecule has 0 radical (unpaired) electrons. The average molecular weight is 268 g/mol. The van der Waals surface area contributed by atoms with Gasteiger partial charge in [-0.3, -0.25) is 4.90 Å². The highest BCUT2D eigenvalue weighted by atomic mass is 79.9. The lowest BCUT2D eigenvalue weighted by Gasteiger charge is -2.26. The molecule has 0 amide bonds. The largest absolute Gasteiger partial charge is 0.299 e. The van der Waals surface area contributed by atoms with Gasteiger partial charge in [0.1, 0.15) is 0 Å². The van der Waals surface area contributed by atoms with Crippen LogP contribution in [0.3, 0.4) is 0 Å². The highest BCUT2D eigenvalue weighted by Crippen LogP contribution is 2.21. The lowest BCUT2D eigenvalue weighted by atomic mass is 10.1. The van der Waals surface area contributed by atoms with Crippen LogP contribution in [0.5, 0.6) is 0 Å². The zero-order valence-electron chi connectivity index (χ0n) is 9.30. The summed E-state index contributed by atoms with van der Waals surface area (Å²) >= 11 is 3.65. The summed E-state index contributed by atoms with van der Waals surface area (Å²) in [5.41, 5.74) is 2.74. The molecule has 0 aliphatic carbocycles. The van der Waals surface area contributed by atoms with Crippen molar-refractivity contribution in [1.29, 1.82) is 0 Å². The van der Waals surface area contributed by atoms with Crippen molar-refractivity contribution in [1.82, 2.24) is 4.90 Å². The van der Waals surface area contributed by atoms with Crippen molar-refractivity contribution in [2.24, 2.45) is 0 Å². The Hall–Kier alpha value is -0.340. The quantitative estimate of drug-likeness (QED) is 0.789. The fraction of sp³-hybridized carbons (Fsp3) is 0.538. The molecule has 1 fully saturated rings. The van der Waals surface area contributed by atoms with Gasteiger partial charge in [-0.15, -0.1) is 0 Å². The minimum Gasteiger partial charge on any atom is -0.299 e. The van der Waals surface area contributed by atoms with Crippen molar-refractivity contribution < 1.29 is 0 Å². The molecule has 1 aliphatic rings. The van der Waals surface area contributed by atoms with E-state index in [4.69, 9.17) is 0 Å². The van der Waals surface area contributed by atoms with Gasteiger partial charge in [-0.2, -0.15) is 0 Å². The summed E-state index contributed by atoms with van der Waals surface area (Å²) in [6.45, 7) is 5.76. The average Bonchev–Trinajstić information content (AvgIpc) is 2.24. The normalized spacial score (nSPS) is 18.0. The van der Waals surface area contributed by atoms with Gasteiger partial charge in [-0.05, 0) is 50.0 Å². The van der Waals surface area contributed by atoms with E-state index in [0.717, 1.165) is 6.54 Å². The third-order valence-electron chi connectivity index (χ3n) is 3.05. The lowest BCUT2D eigenvalue weighted by Crippen LogP contribution is -2.29. The van der Waals surface area contributed by atoms with Crippen LogP contribution in [0, 0.1) is 6.92 Å². The Kier molecular flexibility index (Phi) is 3.81. The minimum absolute atomic E-state index is 1.10. The van der Waals surface area contributed by atoms with Crippen LogP contribution in [0.15, 0.2) is 22.7 Å². The molecule has 0 bridgehead atoms. The van der Waals surface area contributed by atoms with Gasteiger partial charge in [0.15, 0.2) is 0 Å². The van der Waals surface area contributed by atoms with Gasteiger partial charge >= 0.3 is 0 Å². The van der Waals surface area contributed by atoms with E-state index in [9.17, 15) is 0 Å². The summed E-state index contributed by atoms with van der Waals surface area (Å²) in [4.78, 5) is 2.55. The van der Waals surface area contributed by atoms with E-state index in [0.29, 0.717) is 0 Å². The maximum absolute atomic E-state index is 3.65. The molecular weight excluding hydrogens is 250 g/mol. The second-order valence-corrected chi connectivity index (χ2v) is 5.29. The second kappa shape index (κ2) is 5.13. The van der Waals surface area contributed by atoms with Crippen molar-refractivity contribution >= 4 is 15.9 Å². The predicted molar refractivity (Wildman–Crippen MR) is 68.0 cm³/mol. The maximum Gasteiger partial charge on any atom is 0.0244 e. The molecule has 1 heterocycles. The maximum atomic E-state index is 3.65. The Morgan fingerprint density at radius 1 is 1.20 bits per heavy atom. The number of nitrogens with zero attached hydrogens (tertiary/aromatic N) is 1. The van der Waals surface area contributed by atoms with Crippen molar-refractivity contribution in [3.63, 3.8) is 0 Å². The summed E-state index contributed by atoms with van der Waals surface area (Å²) < 4.78 is 1.26. The van der Waals surface area contributed by atoms with Crippen LogP contribution < -0.4 is 0 Å². The molecule has 0 spiro atoms. The second-order valence-electron chi connectivity index (χ2n) is 4.43. The molecule has 0 unspecified atom stereocenters. The number of hydrogen-bond donors (Lipinski definition) is 0. The van der Waals surface area contributed by atoms with Gasteiger partial charge in [-0.25, -0.2) is 0 Å². The van der Waals surface area contributed by atoms with Crippen LogP contribution in [0.1, 0.15) is 30.4 Å². The lowest BCUT2D eigenvalue weighted by molar-refractivity contribution is 0.220. The van der Waals surface area contributed by atoms with Crippen molar-refractivity contribution in [3.05, 3.63) is 33.8 Å². The Balaban J connectivity index is 2.03. The first kappa shape index (κ1) is 11.2. The number of aryl methyl sites for hydroxylation is 1. The first-order valence-electron chi connectivity index (χ1n) is 5.73. The Bertz CT molecular complexity index is 329. The molecule has 0 aromatic heterocycles. The Morgan fingerprint density at radius 3 is 2.60 bits per heavy atom. The summed E-state index contributed by atoms with van der Waals surface area (Å²) in [6, 6.07) is 6.65. The smallest absolute Gasteiger partial charge is 0.0244 e. The number of hydrogen-bond acceptors (Lipinski definition) is 1. The molecule has 82 valence electrons. The minimum atomic E-state index is 1.10. The van der Waals surface area contributed by atoms with Gasteiger partial charge in [0.05, 0.1) is 0 Å². The van der Waals surface area contributed by atoms with Crippen molar-refractivity contribution in [2.75, 3.05) is 13.1 Å². The van der Waals surface area contributed by atoms with Gasteiger partial charge < -0.3 is 0 Å². The summed E-state index contributed by atoms with van der Waals surface area (Å²) in [6.07, 6.45) is 4.14. The number of benzene rings is 1.